The Balaban J connectivity index is 1.53. The minimum absolute atomic E-state index is 0.0462. The lowest BCUT2D eigenvalue weighted by atomic mass is 10.1. The van der Waals surface area contributed by atoms with Crippen LogP contribution in [0.4, 0.5) is 15.6 Å². The summed E-state index contributed by atoms with van der Waals surface area (Å²) >= 11 is 1.62. The predicted octanol–water partition coefficient (Wildman–Crippen LogP) is 3.76. The zero-order chi connectivity index (χ0) is 20.6. The van der Waals surface area contributed by atoms with E-state index in [1.807, 2.05) is 15.2 Å². The molecule has 0 radical (unpaired) electrons. The van der Waals surface area contributed by atoms with Gasteiger partial charge in [-0.15, -0.1) is 11.3 Å². The SMILES string of the molecule is CCCN(CCC)C(=O)c1ccc(NC(=O)N2CCN(c3nccs3)CC2)cc1. The molecule has 0 atom stereocenters. The molecule has 2 heterocycles. The van der Waals surface area contributed by atoms with E-state index in [1.54, 1.807) is 41.8 Å². The number of anilines is 2. The van der Waals surface area contributed by atoms with Crippen LogP contribution >= 0.6 is 11.3 Å². The number of piperazine rings is 1. The molecular weight excluding hydrogens is 386 g/mol. The first kappa shape index (κ1) is 21.1. The van der Waals surface area contributed by atoms with E-state index in [9.17, 15) is 9.59 Å². The molecule has 2 aromatic rings. The van der Waals surface area contributed by atoms with Crippen molar-refractivity contribution in [1.29, 1.82) is 0 Å². The van der Waals surface area contributed by atoms with Crippen molar-refractivity contribution in [1.82, 2.24) is 14.8 Å². The van der Waals surface area contributed by atoms with Crippen molar-refractivity contribution in [3.8, 4) is 0 Å². The number of nitrogens with one attached hydrogen (secondary N) is 1. The van der Waals surface area contributed by atoms with Crippen molar-refractivity contribution < 1.29 is 9.59 Å². The maximum absolute atomic E-state index is 12.7. The highest BCUT2D eigenvalue weighted by molar-refractivity contribution is 7.13. The molecule has 1 saturated heterocycles. The van der Waals surface area contributed by atoms with Crippen LogP contribution in [-0.4, -0.2) is 66.0 Å². The minimum atomic E-state index is -0.110. The van der Waals surface area contributed by atoms with Crippen molar-refractivity contribution >= 4 is 34.1 Å². The van der Waals surface area contributed by atoms with Crippen LogP contribution in [-0.2, 0) is 0 Å². The molecule has 1 aliphatic heterocycles. The second kappa shape index (κ2) is 10.2. The molecule has 156 valence electrons. The predicted molar refractivity (Wildman–Crippen MR) is 118 cm³/mol. The van der Waals surface area contributed by atoms with Gasteiger partial charge >= 0.3 is 6.03 Å². The highest BCUT2D eigenvalue weighted by Crippen LogP contribution is 2.19. The van der Waals surface area contributed by atoms with Crippen LogP contribution in [0.15, 0.2) is 35.8 Å². The summed E-state index contributed by atoms with van der Waals surface area (Å²) in [5, 5.41) is 5.91. The first-order chi connectivity index (χ1) is 14.1. The number of hydrogen-bond donors (Lipinski definition) is 1. The first-order valence-corrected chi connectivity index (χ1v) is 11.1. The summed E-state index contributed by atoms with van der Waals surface area (Å²) in [5.74, 6) is 0.0462. The number of urea groups is 1. The lowest BCUT2D eigenvalue weighted by molar-refractivity contribution is 0.0755. The largest absolute Gasteiger partial charge is 0.345 e. The number of amides is 3. The topological polar surface area (TPSA) is 68.8 Å². The summed E-state index contributed by atoms with van der Waals surface area (Å²) in [7, 11) is 0. The summed E-state index contributed by atoms with van der Waals surface area (Å²) in [6.07, 6.45) is 3.68. The summed E-state index contributed by atoms with van der Waals surface area (Å²) in [5.41, 5.74) is 1.35. The van der Waals surface area contributed by atoms with Crippen molar-refractivity contribution in [3.63, 3.8) is 0 Å². The fraction of sp³-hybridized carbons (Fsp3) is 0.476. The van der Waals surface area contributed by atoms with E-state index in [0.717, 1.165) is 44.2 Å². The Hall–Kier alpha value is -2.61. The van der Waals surface area contributed by atoms with Crippen molar-refractivity contribution in [2.24, 2.45) is 0 Å². The summed E-state index contributed by atoms with van der Waals surface area (Å²) < 4.78 is 0. The van der Waals surface area contributed by atoms with Gasteiger partial charge in [0.1, 0.15) is 0 Å². The van der Waals surface area contributed by atoms with Gasteiger partial charge in [-0.1, -0.05) is 13.8 Å². The number of hydrogen-bond acceptors (Lipinski definition) is 5. The first-order valence-electron chi connectivity index (χ1n) is 10.2. The van der Waals surface area contributed by atoms with Gasteiger partial charge in [0.2, 0.25) is 0 Å². The van der Waals surface area contributed by atoms with E-state index in [4.69, 9.17) is 0 Å². The molecule has 0 unspecified atom stereocenters. The minimum Gasteiger partial charge on any atom is -0.345 e. The van der Waals surface area contributed by atoms with Gasteiger partial charge in [-0.05, 0) is 37.1 Å². The number of carbonyl (C=O) groups is 2. The van der Waals surface area contributed by atoms with Gasteiger partial charge in [0.05, 0.1) is 0 Å². The summed E-state index contributed by atoms with van der Waals surface area (Å²) in [4.78, 5) is 35.5. The van der Waals surface area contributed by atoms with Gasteiger partial charge in [0, 0.05) is 62.1 Å². The molecule has 1 aromatic heterocycles. The summed E-state index contributed by atoms with van der Waals surface area (Å²) in [6.45, 7) is 8.54. The van der Waals surface area contributed by atoms with Gasteiger partial charge in [0.15, 0.2) is 5.13 Å². The van der Waals surface area contributed by atoms with Crippen LogP contribution in [0.2, 0.25) is 0 Å². The van der Waals surface area contributed by atoms with Crippen molar-refractivity contribution in [2.45, 2.75) is 26.7 Å². The Kier molecular flexibility index (Phi) is 7.46. The fourth-order valence-electron chi connectivity index (χ4n) is 3.41. The van der Waals surface area contributed by atoms with E-state index in [2.05, 4.69) is 29.0 Å². The molecule has 29 heavy (non-hydrogen) atoms. The second-order valence-corrected chi connectivity index (χ2v) is 7.96. The zero-order valence-corrected chi connectivity index (χ0v) is 18.0. The van der Waals surface area contributed by atoms with Crippen LogP contribution in [0, 0.1) is 0 Å². The smallest absolute Gasteiger partial charge is 0.321 e. The van der Waals surface area contributed by atoms with Gasteiger partial charge in [0.25, 0.3) is 5.91 Å². The van der Waals surface area contributed by atoms with E-state index >= 15 is 0 Å². The van der Waals surface area contributed by atoms with E-state index in [0.29, 0.717) is 24.3 Å². The molecule has 0 aliphatic carbocycles. The molecule has 3 amide bonds. The number of aromatic nitrogens is 1. The van der Waals surface area contributed by atoms with Gasteiger partial charge < -0.3 is 20.0 Å². The third kappa shape index (κ3) is 5.47. The van der Waals surface area contributed by atoms with Gasteiger partial charge in [-0.3, -0.25) is 4.79 Å². The third-order valence-electron chi connectivity index (χ3n) is 4.91. The highest BCUT2D eigenvalue weighted by Gasteiger charge is 2.22. The van der Waals surface area contributed by atoms with Crippen molar-refractivity contribution in [3.05, 3.63) is 41.4 Å². The molecule has 7 nitrogen and oxygen atoms in total. The maximum atomic E-state index is 12.7. The average molecular weight is 416 g/mol. The molecule has 1 fully saturated rings. The van der Waals surface area contributed by atoms with E-state index in [1.165, 1.54) is 0 Å². The fourth-order valence-corrected chi connectivity index (χ4v) is 4.11. The quantitative estimate of drug-likeness (QED) is 0.748. The molecule has 1 aliphatic rings. The standard InChI is InChI=1S/C21H29N5O2S/c1-3-10-24(11-4-2)19(27)17-5-7-18(8-6-17)23-20(28)25-12-14-26(15-13-25)21-22-9-16-29-21/h5-9,16H,3-4,10-15H2,1-2H3,(H,23,28). The Morgan fingerprint density at radius 2 is 1.72 bits per heavy atom. The van der Waals surface area contributed by atoms with Gasteiger partial charge in [-0.25, -0.2) is 9.78 Å². The van der Waals surface area contributed by atoms with Crippen LogP contribution in [0.1, 0.15) is 37.0 Å². The molecule has 3 rings (SSSR count). The lowest BCUT2D eigenvalue weighted by Crippen LogP contribution is -2.50. The molecule has 1 aromatic carbocycles. The Morgan fingerprint density at radius 1 is 1.07 bits per heavy atom. The van der Waals surface area contributed by atoms with Crippen LogP contribution < -0.4 is 10.2 Å². The Morgan fingerprint density at radius 3 is 2.28 bits per heavy atom. The number of benzene rings is 1. The zero-order valence-electron chi connectivity index (χ0n) is 17.1. The molecule has 8 heteroatoms. The molecular formula is C21H29N5O2S. The molecule has 0 saturated carbocycles. The van der Waals surface area contributed by atoms with Gasteiger partial charge in [-0.2, -0.15) is 0 Å². The lowest BCUT2D eigenvalue weighted by Gasteiger charge is -2.34. The normalized spacial score (nSPS) is 14.0. The van der Waals surface area contributed by atoms with Crippen LogP contribution in [0.25, 0.3) is 0 Å². The molecule has 0 spiro atoms. The van der Waals surface area contributed by atoms with Crippen molar-refractivity contribution in [2.75, 3.05) is 49.5 Å². The average Bonchev–Trinajstić information content (AvgIpc) is 3.29. The Bertz CT molecular complexity index is 780. The third-order valence-corrected chi connectivity index (χ3v) is 5.75. The monoisotopic (exact) mass is 415 g/mol. The number of carbonyl (C=O) groups excluding carboxylic acids is 2. The number of rotatable bonds is 7. The number of nitrogens with zero attached hydrogens (tertiary/aromatic N) is 4. The second-order valence-electron chi connectivity index (χ2n) is 7.09. The van der Waals surface area contributed by atoms with E-state index < -0.39 is 0 Å². The molecule has 0 bridgehead atoms. The maximum Gasteiger partial charge on any atom is 0.321 e. The number of thiazole rings is 1. The van der Waals surface area contributed by atoms with E-state index in [-0.39, 0.29) is 11.9 Å². The highest BCUT2D eigenvalue weighted by atomic mass is 32.1. The summed E-state index contributed by atoms with van der Waals surface area (Å²) in [6, 6.07) is 7.06. The molecule has 1 N–H and O–H groups in total. The Labute approximate surface area is 176 Å². The van der Waals surface area contributed by atoms with Crippen LogP contribution in [0.5, 0.6) is 0 Å². The van der Waals surface area contributed by atoms with Crippen LogP contribution in [0.3, 0.4) is 0 Å².